The summed E-state index contributed by atoms with van der Waals surface area (Å²) in [5.41, 5.74) is 3.13. The maximum Gasteiger partial charge on any atom is 0.272 e. The molecule has 0 saturated carbocycles. The minimum Gasteiger partial charge on any atom is -0.496 e. The molecule has 1 unspecified atom stereocenters. The van der Waals surface area contributed by atoms with Crippen LogP contribution in [0.5, 0.6) is 17.2 Å². The lowest BCUT2D eigenvalue weighted by atomic mass is 10.1. The van der Waals surface area contributed by atoms with E-state index in [0.29, 0.717) is 40.5 Å². The first-order chi connectivity index (χ1) is 24.8. The van der Waals surface area contributed by atoms with E-state index in [0.717, 1.165) is 26.7 Å². The summed E-state index contributed by atoms with van der Waals surface area (Å²) in [7, 11) is 4.52. The summed E-state index contributed by atoms with van der Waals surface area (Å²) in [4.78, 5) is 41.9. The van der Waals surface area contributed by atoms with Gasteiger partial charge in [-0.05, 0) is 67.1 Å². The predicted molar refractivity (Wildman–Crippen MR) is 203 cm³/mol. The van der Waals surface area contributed by atoms with Crippen LogP contribution in [-0.4, -0.2) is 48.9 Å². The van der Waals surface area contributed by atoms with E-state index >= 15 is 0 Å². The molecule has 0 aliphatic rings. The number of anilines is 1. The molecular formula is C41H37N3O6S. The van der Waals surface area contributed by atoms with Crippen molar-refractivity contribution in [1.29, 1.82) is 0 Å². The number of nitrogens with zero attached hydrogens (tertiary/aromatic N) is 1. The highest BCUT2D eigenvalue weighted by molar-refractivity contribution is 8.00. The zero-order valence-corrected chi connectivity index (χ0v) is 29.5. The van der Waals surface area contributed by atoms with E-state index in [2.05, 4.69) is 10.6 Å². The molecule has 1 aromatic heterocycles. The van der Waals surface area contributed by atoms with Crippen LogP contribution in [0.1, 0.15) is 34.1 Å². The molecular weight excluding hydrogens is 663 g/mol. The number of fused-ring (bicyclic) bond motifs is 3. The number of amides is 2. The minimum atomic E-state index is -0.551. The molecule has 258 valence electrons. The van der Waals surface area contributed by atoms with Crippen LogP contribution in [-0.2, 0) is 4.79 Å². The van der Waals surface area contributed by atoms with E-state index in [9.17, 15) is 14.4 Å². The van der Waals surface area contributed by atoms with Crippen LogP contribution in [0.2, 0.25) is 0 Å². The average molecular weight is 700 g/mol. The van der Waals surface area contributed by atoms with Crippen molar-refractivity contribution >= 4 is 63.1 Å². The van der Waals surface area contributed by atoms with Crippen molar-refractivity contribution in [3.8, 4) is 17.2 Å². The van der Waals surface area contributed by atoms with Gasteiger partial charge in [0.25, 0.3) is 11.8 Å². The summed E-state index contributed by atoms with van der Waals surface area (Å²) in [6.45, 7) is 2.00. The Morgan fingerprint density at radius 3 is 1.88 bits per heavy atom. The van der Waals surface area contributed by atoms with Gasteiger partial charge in [-0.1, -0.05) is 61.5 Å². The summed E-state index contributed by atoms with van der Waals surface area (Å²) in [6, 6.07) is 35.1. The third kappa shape index (κ3) is 7.46. The lowest BCUT2D eigenvalue weighted by Crippen LogP contribution is -2.30. The summed E-state index contributed by atoms with van der Waals surface area (Å²) >= 11 is 1.48. The average Bonchev–Trinajstić information content (AvgIpc) is 3.51. The highest BCUT2D eigenvalue weighted by atomic mass is 32.2. The second-order valence-corrected chi connectivity index (χ2v) is 12.8. The van der Waals surface area contributed by atoms with Gasteiger partial charge in [0.2, 0.25) is 5.91 Å². The SMILES string of the molecule is CCC(Sc1ccc(NC(=O)/C(=C/c2cc(OC)c(OC)cc2OC)NC(=O)c2ccccc2)cc1)C(=O)n1c2ccccc2c2ccccc21. The molecule has 5 aromatic carbocycles. The van der Waals surface area contributed by atoms with Gasteiger partial charge >= 0.3 is 0 Å². The Labute approximate surface area is 300 Å². The second kappa shape index (κ2) is 15.7. The minimum absolute atomic E-state index is 0.00630. The van der Waals surface area contributed by atoms with Crippen molar-refractivity contribution in [1.82, 2.24) is 9.88 Å². The topological polar surface area (TPSA) is 108 Å². The fourth-order valence-corrected chi connectivity index (χ4v) is 6.85. The Morgan fingerprint density at radius 1 is 0.725 bits per heavy atom. The zero-order valence-electron chi connectivity index (χ0n) is 28.6. The van der Waals surface area contributed by atoms with Gasteiger partial charge in [0.1, 0.15) is 11.4 Å². The van der Waals surface area contributed by atoms with E-state index < -0.39 is 11.8 Å². The first-order valence-electron chi connectivity index (χ1n) is 16.3. The van der Waals surface area contributed by atoms with Gasteiger partial charge in [-0.3, -0.25) is 19.0 Å². The van der Waals surface area contributed by atoms with Crippen LogP contribution >= 0.6 is 11.8 Å². The van der Waals surface area contributed by atoms with Gasteiger partial charge < -0.3 is 24.8 Å². The molecule has 0 aliphatic carbocycles. The van der Waals surface area contributed by atoms with E-state index in [1.165, 1.54) is 39.2 Å². The van der Waals surface area contributed by atoms with E-state index in [4.69, 9.17) is 14.2 Å². The van der Waals surface area contributed by atoms with Gasteiger partial charge in [0.05, 0.1) is 37.6 Å². The van der Waals surface area contributed by atoms with Crippen LogP contribution < -0.4 is 24.8 Å². The monoisotopic (exact) mass is 699 g/mol. The van der Waals surface area contributed by atoms with Crippen LogP contribution in [0.25, 0.3) is 27.9 Å². The third-order valence-electron chi connectivity index (χ3n) is 8.40. The Balaban J connectivity index is 1.24. The van der Waals surface area contributed by atoms with Gasteiger partial charge in [0.15, 0.2) is 11.5 Å². The molecule has 6 aromatic rings. The lowest BCUT2D eigenvalue weighted by Gasteiger charge is -2.16. The molecule has 2 N–H and O–H groups in total. The Kier molecular flexibility index (Phi) is 10.7. The second-order valence-electron chi connectivity index (χ2n) is 11.5. The normalized spacial score (nSPS) is 12.0. The molecule has 0 aliphatic heterocycles. The number of hydrogen-bond donors (Lipinski definition) is 2. The molecule has 0 saturated heterocycles. The molecule has 0 spiro atoms. The Bertz CT molecular complexity index is 2190. The van der Waals surface area contributed by atoms with Crippen molar-refractivity contribution < 1.29 is 28.6 Å². The van der Waals surface area contributed by atoms with E-state index in [1.54, 1.807) is 54.6 Å². The van der Waals surface area contributed by atoms with Crippen molar-refractivity contribution in [3.05, 3.63) is 132 Å². The summed E-state index contributed by atoms with van der Waals surface area (Å²) in [5.74, 6) is 0.284. The molecule has 10 heteroatoms. The maximum atomic E-state index is 14.0. The number of aromatic nitrogens is 1. The van der Waals surface area contributed by atoms with Crippen LogP contribution in [0, 0.1) is 0 Å². The summed E-state index contributed by atoms with van der Waals surface area (Å²) in [5, 5.41) is 7.38. The number of para-hydroxylation sites is 2. The Hall–Kier alpha value is -6.00. The van der Waals surface area contributed by atoms with Gasteiger partial charge in [-0.2, -0.15) is 0 Å². The number of carbonyl (C=O) groups is 3. The molecule has 1 atom stereocenters. The first kappa shape index (κ1) is 34.8. The number of rotatable bonds is 12. The molecule has 51 heavy (non-hydrogen) atoms. The number of thioether (sulfide) groups is 1. The Morgan fingerprint density at radius 2 is 1.29 bits per heavy atom. The van der Waals surface area contributed by atoms with Crippen molar-refractivity contribution in [2.45, 2.75) is 23.5 Å². The maximum absolute atomic E-state index is 14.0. The largest absolute Gasteiger partial charge is 0.496 e. The van der Waals surface area contributed by atoms with Gasteiger partial charge in [-0.25, -0.2) is 0 Å². The predicted octanol–water partition coefficient (Wildman–Crippen LogP) is 8.44. The zero-order chi connectivity index (χ0) is 35.9. The molecule has 0 fully saturated rings. The van der Waals surface area contributed by atoms with Gasteiger partial charge in [-0.15, -0.1) is 11.8 Å². The molecule has 6 rings (SSSR count). The van der Waals surface area contributed by atoms with Crippen LogP contribution in [0.4, 0.5) is 5.69 Å². The number of carbonyl (C=O) groups excluding carboxylic acids is 3. The van der Waals surface area contributed by atoms with Crippen LogP contribution in [0.15, 0.2) is 126 Å². The lowest BCUT2D eigenvalue weighted by molar-refractivity contribution is -0.113. The highest BCUT2D eigenvalue weighted by Crippen LogP contribution is 2.36. The summed E-state index contributed by atoms with van der Waals surface area (Å²) in [6.07, 6.45) is 2.14. The molecule has 0 bridgehead atoms. The van der Waals surface area contributed by atoms with Crippen LogP contribution in [0.3, 0.4) is 0 Å². The first-order valence-corrected chi connectivity index (χ1v) is 17.2. The molecule has 0 radical (unpaired) electrons. The third-order valence-corrected chi connectivity index (χ3v) is 9.77. The fraction of sp³-hybridized carbons (Fsp3) is 0.146. The fourth-order valence-electron chi connectivity index (χ4n) is 5.86. The van der Waals surface area contributed by atoms with Gasteiger partial charge in [0, 0.05) is 38.5 Å². The molecule has 9 nitrogen and oxygen atoms in total. The van der Waals surface area contributed by atoms with Crippen molar-refractivity contribution in [2.75, 3.05) is 26.6 Å². The highest BCUT2D eigenvalue weighted by Gasteiger charge is 2.24. The van der Waals surface area contributed by atoms with E-state index in [1.807, 2.05) is 72.2 Å². The van der Waals surface area contributed by atoms with Crippen molar-refractivity contribution in [2.24, 2.45) is 0 Å². The smallest absolute Gasteiger partial charge is 0.272 e. The number of hydrogen-bond acceptors (Lipinski definition) is 7. The number of nitrogens with one attached hydrogen (secondary N) is 2. The number of ether oxygens (including phenoxy) is 3. The molecule has 1 heterocycles. The molecule has 2 amide bonds. The number of methoxy groups -OCH3 is 3. The van der Waals surface area contributed by atoms with E-state index in [-0.39, 0.29) is 16.9 Å². The summed E-state index contributed by atoms with van der Waals surface area (Å²) < 4.78 is 18.2. The number of benzene rings is 5. The standard InChI is InChI=1S/C41H37N3O6S/c1-5-38(41(47)44-33-17-11-9-15-30(33)31-16-10-12-18-34(31)44)51-29-21-19-28(20-22-29)42-40(46)32(43-39(45)26-13-7-6-8-14-26)23-27-24-36(49-3)37(50-4)25-35(27)48-2/h6-25,38H,5H2,1-4H3,(H,42,46)(H,43,45)/b32-23-. The quantitative estimate of drug-likeness (QED) is 0.0975. The van der Waals surface area contributed by atoms with Crippen molar-refractivity contribution in [3.63, 3.8) is 0 Å².